The number of imide groups is 1. The highest BCUT2D eigenvalue weighted by Crippen LogP contribution is 2.33. The highest BCUT2D eigenvalue weighted by atomic mass is 35.5. The van der Waals surface area contributed by atoms with E-state index in [-0.39, 0.29) is 6.54 Å². The van der Waals surface area contributed by atoms with Gasteiger partial charge < -0.3 is 20.4 Å². The minimum Gasteiger partial charge on any atom is -0.367 e. The Morgan fingerprint density at radius 1 is 1.09 bits per heavy atom. The Morgan fingerprint density at radius 3 is 2.45 bits per heavy atom. The third kappa shape index (κ3) is 4.54. The van der Waals surface area contributed by atoms with E-state index in [0.717, 1.165) is 36.8 Å². The van der Waals surface area contributed by atoms with Crippen LogP contribution in [-0.2, 0) is 15.1 Å². The van der Waals surface area contributed by atoms with Crippen molar-refractivity contribution in [3.05, 3.63) is 59.1 Å². The Kier molecular flexibility index (Phi) is 6.58. The Labute approximate surface area is 198 Å². The third-order valence-electron chi connectivity index (χ3n) is 6.35. The van der Waals surface area contributed by atoms with Crippen molar-refractivity contribution in [1.82, 2.24) is 15.1 Å². The third-order valence-corrected chi connectivity index (χ3v) is 6.59. The van der Waals surface area contributed by atoms with Gasteiger partial charge in [-0.25, -0.2) is 4.79 Å². The molecule has 0 bridgehead atoms. The van der Waals surface area contributed by atoms with Crippen molar-refractivity contribution in [2.24, 2.45) is 0 Å². The van der Waals surface area contributed by atoms with E-state index in [0.29, 0.717) is 22.7 Å². The number of hydrogen-bond acceptors (Lipinski definition) is 5. The molecule has 2 aromatic carbocycles. The van der Waals surface area contributed by atoms with E-state index >= 15 is 0 Å². The lowest BCUT2D eigenvalue weighted by molar-refractivity contribution is -0.134. The van der Waals surface area contributed by atoms with E-state index in [4.69, 9.17) is 11.6 Å². The van der Waals surface area contributed by atoms with E-state index in [1.807, 2.05) is 31.2 Å². The first kappa shape index (κ1) is 23.1. The molecular formula is C24H28ClN5O3. The van der Waals surface area contributed by atoms with Gasteiger partial charge in [0.1, 0.15) is 12.1 Å². The molecule has 0 radical (unpaired) electrons. The summed E-state index contributed by atoms with van der Waals surface area (Å²) >= 11 is 6.20. The van der Waals surface area contributed by atoms with Crippen LogP contribution in [0.25, 0.3) is 0 Å². The SMILES string of the molecule is CC[C@@]1(c2ccccc2)NC(=O)N(CC(=O)Nc2cc(Cl)ccc2N2CCN(C)CC2)C1=O. The Hall–Kier alpha value is -3.10. The number of hydrogen-bond donors (Lipinski definition) is 2. The molecule has 4 amide bonds. The first-order valence-electron chi connectivity index (χ1n) is 11.1. The molecule has 1 atom stereocenters. The summed E-state index contributed by atoms with van der Waals surface area (Å²) in [4.78, 5) is 44.3. The first-order valence-corrected chi connectivity index (χ1v) is 11.4. The maximum Gasteiger partial charge on any atom is 0.325 e. The first-order chi connectivity index (χ1) is 15.8. The van der Waals surface area contributed by atoms with Gasteiger partial charge in [-0.1, -0.05) is 48.9 Å². The van der Waals surface area contributed by atoms with Crippen LogP contribution in [0.1, 0.15) is 18.9 Å². The summed E-state index contributed by atoms with van der Waals surface area (Å²) in [7, 11) is 2.08. The van der Waals surface area contributed by atoms with Crippen molar-refractivity contribution >= 4 is 40.8 Å². The molecule has 2 N–H and O–H groups in total. The minimum absolute atomic E-state index is 0.377. The van der Waals surface area contributed by atoms with Gasteiger partial charge in [0.15, 0.2) is 0 Å². The second-order valence-electron chi connectivity index (χ2n) is 8.45. The van der Waals surface area contributed by atoms with Crippen LogP contribution in [0.5, 0.6) is 0 Å². The van der Waals surface area contributed by atoms with Gasteiger partial charge in [-0.15, -0.1) is 0 Å². The summed E-state index contributed by atoms with van der Waals surface area (Å²) < 4.78 is 0. The molecule has 8 nitrogen and oxygen atoms in total. The topological polar surface area (TPSA) is 85.0 Å². The van der Waals surface area contributed by atoms with Crippen molar-refractivity contribution in [2.75, 3.05) is 50.0 Å². The molecule has 174 valence electrons. The largest absolute Gasteiger partial charge is 0.367 e. The smallest absolute Gasteiger partial charge is 0.325 e. The normalized spacial score (nSPS) is 21.3. The number of piperazine rings is 1. The van der Waals surface area contributed by atoms with E-state index in [9.17, 15) is 14.4 Å². The maximum atomic E-state index is 13.3. The minimum atomic E-state index is -1.17. The lowest BCUT2D eigenvalue weighted by Gasteiger charge is -2.35. The molecule has 9 heteroatoms. The van der Waals surface area contributed by atoms with Crippen molar-refractivity contribution in [3.8, 4) is 0 Å². The number of rotatable bonds is 6. The number of nitrogens with zero attached hydrogens (tertiary/aromatic N) is 3. The monoisotopic (exact) mass is 469 g/mol. The summed E-state index contributed by atoms with van der Waals surface area (Å²) in [6.45, 7) is 4.93. The van der Waals surface area contributed by atoms with E-state index in [1.54, 1.807) is 24.3 Å². The van der Waals surface area contributed by atoms with Gasteiger partial charge in [0.05, 0.1) is 11.4 Å². The number of halogens is 1. The summed E-state index contributed by atoms with van der Waals surface area (Å²) in [6.07, 6.45) is 0.377. The highest BCUT2D eigenvalue weighted by molar-refractivity contribution is 6.31. The molecule has 4 rings (SSSR count). The second kappa shape index (κ2) is 9.41. The molecule has 2 heterocycles. The van der Waals surface area contributed by atoms with Crippen molar-refractivity contribution in [1.29, 1.82) is 0 Å². The quantitative estimate of drug-likeness (QED) is 0.635. The zero-order valence-corrected chi connectivity index (χ0v) is 19.6. The molecule has 2 fully saturated rings. The van der Waals surface area contributed by atoms with Crippen LogP contribution in [0.2, 0.25) is 5.02 Å². The fraction of sp³-hybridized carbons (Fsp3) is 0.375. The lowest BCUT2D eigenvalue weighted by atomic mass is 9.87. The summed E-state index contributed by atoms with van der Waals surface area (Å²) in [6, 6.07) is 13.9. The van der Waals surface area contributed by atoms with Crippen LogP contribution < -0.4 is 15.5 Å². The van der Waals surface area contributed by atoms with Crippen LogP contribution in [0.4, 0.5) is 16.2 Å². The number of likely N-dealkylation sites (N-methyl/N-ethyl adjacent to an activating group) is 1. The molecule has 0 aliphatic carbocycles. The zero-order chi connectivity index (χ0) is 23.6. The number of benzene rings is 2. The van der Waals surface area contributed by atoms with Crippen molar-refractivity contribution < 1.29 is 14.4 Å². The van der Waals surface area contributed by atoms with E-state index in [2.05, 4.69) is 27.5 Å². The standard InChI is InChI=1S/C24H28ClN5O3/c1-3-24(17-7-5-4-6-8-17)22(32)30(23(33)27-24)16-21(31)26-19-15-18(25)9-10-20(19)29-13-11-28(2)12-14-29/h4-10,15H,3,11-14,16H2,1-2H3,(H,26,31)(H,27,33)/t24-/m0/s1. The number of amides is 4. The predicted molar refractivity (Wildman–Crippen MR) is 128 cm³/mol. The summed E-state index contributed by atoms with van der Waals surface area (Å²) in [5.74, 6) is -0.891. The molecule has 0 saturated carbocycles. The maximum absolute atomic E-state index is 13.3. The summed E-state index contributed by atoms with van der Waals surface area (Å²) in [5.41, 5.74) is 0.958. The second-order valence-corrected chi connectivity index (χ2v) is 8.88. The molecule has 2 aliphatic rings. The van der Waals surface area contributed by atoms with Gasteiger partial charge >= 0.3 is 6.03 Å². The average Bonchev–Trinajstić information content (AvgIpc) is 3.05. The molecular weight excluding hydrogens is 442 g/mol. The number of carbonyl (C=O) groups excluding carboxylic acids is 3. The molecule has 0 aromatic heterocycles. The predicted octanol–water partition coefficient (Wildman–Crippen LogP) is 2.89. The van der Waals surface area contributed by atoms with Crippen LogP contribution >= 0.6 is 11.6 Å². The van der Waals surface area contributed by atoms with Crippen LogP contribution in [0, 0.1) is 0 Å². The summed E-state index contributed by atoms with van der Waals surface area (Å²) in [5, 5.41) is 6.16. The zero-order valence-electron chi connectivity index (χ0n) is 18.8. The molecule has 2 aromatic rings. The fourth-order valence-electron chi connectivity index (χ4n) is 4.40. The van der Waals surface area contributed by atoms with Crippen LogP contribution in [0.15, 0.2) is 48.5 Å². The molecule has 2 saturated heterocycles. The van der Waals surface area contributed by atoms with Gasteiger partial charge in [0.2, 0.25) is 5.91 Å². The lowest BCUT2D eigenvalue weighted by Crippen LogP contribution is -2.45. The molecule has 2 aliphatic heterocycles. The van der Waals surface area contributed by atoms with Crippen LogP contribution in [-0.4, -0.2) is 67.4 Å². The molecule has 33 heavy (non-hydrogen) atoms. The van der Waals surface area contributed by atoms with Crippen LogP contribution in [0.3, 0.4) is 0 Å². The fourth-order valence-corrected chi connectivity index (χ4v) is 4.57. The van der Waals surface area contributed by atoms with Gasteiger partial charge in [-0.2, -0.15) is 0 Å². The Balaban J connectivity index is 1.51. The van der Waals surface area contributed by atoms with E-state index < -0.39 is 23.4 Å². The number of carbonyl (C=O) groups is 3. The van der Waals surface area contributed by atoms with Gasteiger partial charge in [-0.3, -0.25) is 14.5 Å². The molecule has 0 unspecified atom stereocenters. The Bertz CT molecular complexity index is 1060. The number of nitrogens with one attached hydrogen (secondary N) is 2. The highest BCUT2D eigenvalue weighted by Gasteiger charge is 2.51. The van der Waals surface area contributed by atoms with Gasteiger partial charge in [0, 0.05) is 31.2 Å². The number of anilines is 2. The number of urea groups is 1. The van der Waals surface area contributed by atoms with E-state index in [1.165, 1.54) is 0 Å². The Morgan fingerprint density at radius 2 is 1.79 bits per heavy atom. The van der Waals surface area contributed by atoms with Gasteiger partial charge in [-0.05, 0) is 37.2 Å². The van der Waals surface area contributed by atoms with Crippen molar-refractivity contribution in [3.63, 3.8) is 0 Å². The average molecular weight is 470 g/mol. The molecule has 0 spiro atoms. The van der Waals surface area contributed by atoms with Gasteiger partial charge in [0.25, 0.3) is 5.91 Å². The van der Waals surface area contributed by atoms with Crippen molar-refractivity contribution in [2.45, 2.75) is 18.9 Å².